The number of aryl methyl sites for hydroxylation is 2. The van der Waals surface area contributed by atoms with Gasteiger partial charge in [-0.2, -0.15) is 0 Å². The highest BCUT2D eigenvalue weighted by molar-refractivity contribution is 7.19. The van der Waals surface area contributed by atoms with E-state index in [1.165, 1.54) is 11.3 Å². The van der Waals surface area contributed by atoms with Gasteiger partial charge < -0.3 is 10.5 Å². The van der Waals surface area contributed by atoms with Crippen LogP contribution in [-0.4, -0.2) is 22.6 Å². The molecule has 0 aliphatic heterocycles. The van der Waals surface area contributed by atoms with E-state index in [0.29, 0.717) is 24.2 Å². The predicted octanol–water partition coefficient (Wildman–Crippen LogP) is 3.02. The lowest BCUT2D eigenvalue weighted by Gasteiger charge is -2.10. The second-order valence-electron chi connectivity index (χ2n) is 6.13. The summed E-state index contributed by atoms with van der Waals surface area (Å²) in [5.41, 5.74) is 6.94. The molecule has 26 heavy (non-hydrogen) atoms. The first kappa shape index (κ1) is 18.1. The van der Waals surface area contributed by atoms with Gasteiger partial charge in [-0.3, -0.25) is 14.2 Å². The first-order chi connectivity index (χ1) is 12.4. The van der Waals surface area contributed by atoms with E-state index in [-0.39, 0.29) is 17.9 Å². The average Bonchev–Trinajstić information content (AvgIpc) is 2.93. The topological polar surface area (TPSA) is 87.2 Å². The van der Waals surface area contributed by atoms with Crippen molar-refractivity contribution in [2.45, 2.75) is 33.2 Å². The SMILES string of the molecule is COc1cccc(-c2c(C)sc3nc(C)n(CCCC(N)=O)c(=O)c23)c1. The second-order valence-corrected chi connectivity index (χ2v) is 7.33. The van der Waals surface area contributed by atoms with Gasteiger partial charge in [0.1, 0.15) is 16.4 Å². The van der Waals surface area contributed by atoms with Crippen molar-refractivity contribution in [3.05, 3.63) is 45.3 Å². The number of hydrogen-bond acceptors (Lipinski definition) is 5. The zero-order valence-electron chi connectivity index (χ0n) is 15.0. The summed E-state index contributed by atoms with van der Waals surface area (Å²) in [7, 11) is 1.62. The molecule has 2 heterocycles. The Hall–Kier alpha value is -2.67. The van der Waals surface area contributed by atoms with Gasteiger partial charge in [0.25, 0.3) is 5.56 Å². The molecule has 0 aliphatic carbocycles. The number of aromatic nitrogens is 2. The lowest BCUT2D eigenvalue weighted by Crippen LogP contribution is -2.24. The summed E-state index contributed by atoms with van der Waals surface area (Å²) in [5, 5.41) is 0.616. The summed E-state index contributed by atoms with van der Waals surface area (Å²) in [4.78, 5) is 30.5. The Balaban J connectivity index is 2.16. The van der Waals surface area contributed by atoms with E-state index in [2.05, 4.69) is 4.98 Å². The Labute approximate surface area is 155 Å². The maximum Gasteiger partial charge on any atom is 0.262 e. The van der Waals surface area contributed by atoms with E-state index >= 15 is 0 Å². The van der Waals surface area contributed by atoms with Gasteiger partial charge in [-0.1, -0.05) is 12.1 Å². The highest BCUT2D eigenvalue weighted by Gasteiger charge is 2.18. The Morgan fingerprint density at radius 2 is 2.12 bits per heavy atom. The molecule has 0 bridgehead atoms. The smallest absolute Gasteiger partial charge is 0.262 e. The Bertz CT molecular complexity index is 1040. The van der Waals surface area contributed by atoms with Crippen molar-refractivity contribution in [1.82, 2.24) is 9.55 Å². The van der Waals surface area contributed by atoms with Crippen LogP contribution in [0.3, 0.4) is 0 Å². The number of thiophene rings is 1. The maximum absolute atomic E-state index is 13.2. The molecule has 0 unspecified atom stereocenters. The third-order valence-electron chi connectivity index (χ3n) is 4.34. The van der Waals surface area contributed by atoms with Crippen molar-refractivity contribution < 1.29 is 9.53 Å². The van der Waals surface area contributed by atoms with Crippen LogP contribution in [0.4, 0.5) is 0 Å². The second kappa shape index (κ2) is 7.29. The van der Waals surface area contributed by atoms with Crippen molar-refractivity contribution in [1.29, 1.82) is 0 Å². The van der Waals surface area contributed by atoms with Crippen LogP contribution in [0.2, 0.25) is 0 Å². The number of carbonyl (C=O) groups excluding carboxylic acids is 1. The third kappa shape index (κ3) is 3.35. The van der Waals surface area contributed by atoms with Crippen LogP contribution < -0.4 is 16.0 Å². The molecule has 136 valence electrons. The normalized spacial score (nSPS) is 11.0. The van der Waals surface area contributed by atoms with Crippen LogP contribution in [-0.2, 0) is 11.3 Å². The number of carbonyl (C=O) groups is 1. The molecular weight excluding hydrogens is 350 g/mol. The molecule has 2 N–H and O–H groups in total. The fourth-order valence-corrected chi connectivity index (χ4v) is 4.18. The van der Waals surface area contributed by atoms with Crippen LogP contribution in [0.5, 0.6) is 5.75 Å². The fourth-order valence-electron chi connectivity index (χ4n) is 3.10. The van der Waals surface area contributed by atoms with Crippen LogP contribution in [0.1, 0.15) is 23.5 Å². The van der Waals surface area contributed by atoms with Gasteiger partial charge in [0.2, 0.25) is 5.91 Å². The Kier molecular flexibility index (Phi) is 5.08. The number of ether oxygens (including phenoxy) is 1. The van der Waals surface area contributed by atoms with E-state index < -0.39 is 0 Å². The van der Waals surface area contributed by atoms with E-state index in [9.17, 15) is 9.59 Å². The van der Waals surface area contributed by atoms with Gasteiger partial charge in [-0.05, 0) is 38.0 Å². The zero-order valence-corrected chi connectivity index (χ0v) is 15.9. The van der Waals surface area contributed by atoms with E-state index in [4.69, 9.17) is 10.5 Å². The number of benzene rings is 1. The van der Waals surface area contributed by atoms with Gasteiger partial charge in [0.05, 0.1) is 12.5 Å². The number of fused-ring (bicyclic) bond motifs is 1. The predicted molar refractivity (Wildman–Crippen MR) is 104 cm³/mol. The summed E-state index contributed by atoms with van der Waals surface area (Å²) < 4.78 is 6.94. The largest absolute Gasteiger partial charge is 0.497 e. The standard InChI is InChI=1S/C19H21N3O3S/c1-11-16(13-6-4-7-14(10-13)25-3)17-18(26-11)21-12(2)22(19(17)24)9-5-8-15(20)23/h4,6-7,10H,5,8-9H2,1-3H3,(H2,20,23). The summed E-state index contributed by atoms with van der Waals surface area (Å²) in [6, 6.07) is 7.67. The molecule has 2 aromatic heterocycles. The first-order valence-electron chi connectivity index (χ1n) is 8.35. The van der Waals surface area contributed by atoms with Crippen LogP contribution in [0, 0.1) is 13.8 Å². The highest BCUT2D eigenvalue weighted by Crippen LogP contribution is 2.36. The molecule has 0 spiro atoms. The molecule has 3 rings (SSSR count). The first-order valence-corrected chi connectivity index (χ1v) is 9.17. The lowest BCUT2D eigenvalue weighted by atomic mass is 10.0. The molecule has 0 atom stereocenters. The number of methoxy groups -OCH3 is 1. The van der Waals surface area contributed by atoms with Crippen LogP contribution in [0.25, 0.3) is 21.3 Å². The van der Waals surface area contributed by atoms with E-state index in [1.807, 2.05) is 38.1 Å². The number of rotatable bonds is 6. The molecule has 0 aliphatic rings. The van der Waals surface area contributed by atoms with E-state index in [0.717, 1.165) is 26.6 Å². The minimum Gasteiger partial charge on any atom is -0.497 e. The molecule has 0 radical (unpaired) electrons. The third-order valence-corrected chi connectivity index (χ3v) is 5.34. The molecule has 3 aromatic rings. The van der Waals surface area contributed by atoms with Crippen LogP contribution in [0.15, 0.2) is 29.1 Å². The number of hydrogen-bond donors (Lipinski definition) is 1. The Morgan fingerprint density at radius 3 is 2.81 bits per heavy atom. The monoisotopic (exact) mass is 371 g/mol. The number of nitrogens with two attached hydrogens (primary N) is 1. The van der Waals surface area contributed by atoms with Crippen LogP contribution >= 0.6 is 11.3 Å². The molecule has 0 fully saturated rings. The van der Waals surface area contributed by atoms with Gasteiger partial charge in [0, 0.05) is 23.4 Å². The molecular formula is C19H21N3O3S. The summed E-state index contributed by atoms with van der Waals surface area (Å²) >= 11 is 1.51. The molecule has 1 amide bonds. The lowest BCUT2D eigenvalue weighted by molar-refractivity contribution is -0.118. The zero-order chi connectivity index (χ0) is 18.8. The van der Waals surface area contributed by atoms with E-state index in [1.54, 1.807) is 11.7 Å². The average molecular weight is 371 g/mol. The van der Waals surface area contributed by atoms with Crippen molar-refractivity contribution in [2.75, 3.05) is 7.11 Å². The molecule has 0 saturated carbocycles. The number of primary amides is 1. The minimum atomic E-state index is -0.367. The minimum absolute atomic E-state index is 0.0841. The molecule has 1 aromatic carbocycles. The summed E-state index contributed by atoms with van der Waals surface area (Å²) in [6.45, 7) is 4.22. The van der Waals surface area contributed by atoms with Gasteiger partial charge in [-0.25, -0.2) is 4.98 Å². The van der Waals surface area contributed by atoms with Crippen molar-refractivity contribution in [2.24, 2.45) is 5.73 Å². The fraction of sp³-hybridized carbons (Fsp3) is 0.316. The van der Waals surface area contributed by atoms with Crippen molar-refractivity contribution >= 4 is 27.5 Å². The molecule has 7 heteroatoms. The summed E-state index contributed by atoms with van der Waals surface area (Å²) in [6.07, 6.45) is 0.760. The quantitative estimate of drug-likeness (QED) is 0.721. The molecule has 6 nitrogen and oxygen atoms in total. The molecule has 0 saturated heterocycles. The number of nitrogens with zero attached hydrogens (tertiary/aromatic N) is 2. The number of amides is 1. The summed E-state index contributed by atoms with van der Waals surface area (Å²) in [5.74, 6) is 1.02. The van der Waals surface area contributed by atoms with Gasteiger partial charge >= 0.3 is 0 Å². The van der Waals surface area contributed by atoms with Crippen molar-refractivity contribution in [3.63, 3.8) is 0 Å². The van der Waals surface area contributed by atoms with Gasteiger partial charge in [-0.15, -0.1) is 11.3 Å². The Morgan fingerprint density at radius 1 is 1.35 bits per heavy atom. The maximum atomic E-state index is 13.2. The van der Waals surface area contributed by atoms with Gasteiger partial charge in [0.15, 0.2) is 0 Å². The highest BCUT2D eigenvalue weighted by atomic mass is 32.1. The van der Waals surface area contributed by atoms with Crippen molar-refractivity contribution in [3.8, 4) is 16.9 Å².